The number of nitrogens with zero attached hydrogens (tertiary/aromatic N) is 1. The summed E-state index contributed by atoms with van der Waals surface area (Å²) >= 11 is 0. The van der Waals surface area contributed by atoms with Gasteiger partial charge in [0.2, 0.25) is 0 Å². The summed E-state index contributed by atoms with van der Waals surface area (Å²) in [6.07, 6.45) is 3.82. The minimum Gasteiger partial charge on any atom is -0.346 e. The zero-order valence-corrected chi connectivity index (χ0v) is 14.8. The van der Waals surface area contributed by atoms with Gasteiger partial charge < -0.3 is 10.7 Å². The zero-order chi connectivity index (χ0) is 18.1. The van der Waals surface area contributed by atoms with E-state index in [-0.39, 0.29) is 0 Å². The average Bonchev–Trinajstić information content (AvgIpc) is 3.13. The number of aromatic nitrogens is 2. The predicted octanol–water partition coefficient (Wildman–Crippen LogP) is 5.39. The summed E-state index contributed by atoms with van der Waals surface area (Å²) in [6, 6.07) is 18.9. The Kier molecular flexibility index (Phi) is 4.15. The van der Waals surface area contributed by atoms with Gasteiger partial charge in [-0.2, -0.15) is 0 Å². The van der Waals surface area contributed by atoms with E-state index in [2.05, 4.69) is 65.1 Å². The van der Waals surface area contributed by atoms with E-state index < -0.39 is 0 Å². The third kappa shape index (κ3) is 2.72. The van der Waals surface area contributed by atoms with Crippen molar-refractivity contribution in [2.75, 3.05) is 0 Å². The number of rotatable bonds is 4. The molecule has 0 aliphatic carbocycles. The molecule has 0 radical (unpaired) electrons. The fourth-order valence-corrected chi connectivity index (χ4v) is 3.44. The normalized spacial score (nSPS) is 11.0. The lowest BCUT2D eigenvalue weighted by atomic mass is 9.93. The molecule has 3 N–H and O–H groups in total. The molecule has 3 nitrogen and oxygen atoms in total. The second-order valence-electron chi connectivity index (χ2n) is 6.51. The van der Waals surface area contributed by atoms with Crippen molar-refractivity contribution in [1.82, 2.24) is 9.97 Å². The Bertz CT molecular complexity index is 1090. The van der Waals surface area contributed by atoms with E-state index in [9.17, 15) is 0 Å². The lowest BCUT2D eigenvalue weighted by Crippen LogP contribution is -1.99. The fraction of sp³-hybridized carbons (Fsp3) is 0.0870. The summed E-state index contributed by atoms with van der Waals surface area (Å²) in [6.45, 7) is 6.64. The van der Waals surface area contributed by atoms with E-state index in [1.807, 2.05) is 25.4 Å². The maximum Gasteiger partial charge on any atom is 0.138 e. The molecule has 0 amide bonds. The second kappa shape index (κ2) is 6.62. The Morgan fingerprint density at radius 2 is 1.85 bits per heavy atom. The van der Waals surface area contributed by atoms with Crippen LogP contribution in [0.4, 0.5) is 0 Å². The maximum atomic E-state index is 5.99. The van der Waals surface area contributed by atoms with Crippen molar-refractivity contribution in [1.29, 1.82) is 0 Å². The van der Waals surface area contributed by atoms with E-state index in [0.717, 1.165) is 38.9 Å². The van der Waals surface area contributed by atoms with Crippen molar-refractivity contribution in [2.45, 2.75) is 13.5 Å². The topological polar surface area (TPSA) is 54.7 Å². The van der Waals surface area contributed by atoms with Crippen LogP contribution >= 0.6 is 0 Å². The van der Waals surface area contributed by atoms with Gasteiger partial charge in [-0.3, -0.25) is 0 Å². The summed E-state index contributed by atoms with van der Waals surface area (Å²) in [5, 5.41) is 1.11. The summed E-state index contributed by atoms with van der Waals surface area (Å²) in [5.41, 5.74) is 14.8. The third-order valence-electron chi connectivity index (χ3n) is 4.76. The van der Waals surface area contributed by atoms with Gasteiger partial charge in [-0.1, -0.05) is 49.0 Å². The number of pyridine rings is 1. The quantitative estimate of drug-likeness (QED) is 0.524. The Hall–Kier alpha value is -3.17. The van der Waals surface area contributed by atoms with Gasteiger partial charge in [-0.15, -0.1) is 0 Å². The summed E-state index contributed by atoms with van der Waals surface area (Å²) in [4.78, 5) is 7.72. The van der Waals surface area contributed by atoms with Crippen LogP contribution in [0, 0.1) is 0 Å². The lowest BCUT2D eigenvalue weighted by molar-refractivity contribution is 1.07. The van der Waals surface area contributed by atoms with Crippen molar-refractivity contribution in [2.24, 2.45) is 5.73 Å². The summed E-state index contributed by atoms with van der Waals surface area (Å²) < 4.78 is 0. The Morgan fingerprint density at radius 3 is 2.58 bits per heavy atom. The number of fused-ring (bicyclic) bond motifs is 1. The first-order valence-corrected chi connectivity index (χ1v) is 8.70. The smallest absolute Gasteiger partial charge is 0.138 e. The van der Waals surface area contributed by atoms with E-state index in [1.165, 1.54) is 11.1 Å². The third-order valence-corrected chi connectivity index (χ3v) is 4.76. The van der Waals surface area contributed by atoms with Crippen LogP contribution < -0.4 is 5.73 Å². The molecule has 2 aromatic heterocycles. The standard InChI is InChI=1S/C23H21N3/c1-15(2)21-14-26-23-22(21)19(10-11-25-23)17-8-9-18(13-24)20(12-17)16-6-4-3-5-7-16/h3-12,14H,1,13,24H2,2H3,(H,25,26). The number of aromatic amines is 1. The van der Waals surface area contributed by atoms with Gasteiger partial charge in [0.15, 0.2) is 0 Å². The molecule has 0 aliphatic rings. The minimum atomic E-state index is 0.511. The van der Waals surface area contributed by atoms with Crippen LogP contribution in [0.25, 0.3) is 38.9 Å². The van der Waals surface area contributed by atoms with Crippen LogP contribution in [-0.4, -0.2) is 9.97 Å². The molecule has 0 unspecified atom stereocenters. The molecule has 2 heterocycles. The van der Waals surface area contributed by atoms with Crippen LogP contribution in [0.3, 0.4) is 0 Å². The molecule has 4 aromatic rings. The monoisotopic (exact) mass is 339 g/mol. The van der Waals surface area contributed by atoms with Gasteiger partial charge in [0.05, 0.1) is 0 Å². The molecule has 2 aromatic carbocycles. The molecular formula is C23H21N3. The number of hydrogen-bond acceptors (Lipinski definition) is 2. The van der Waals surface area contributed by atoms with Crippen molar-refractivity contribution < 1.29 is 0 Å². The highest BCUT2D eigenvalue weighted by Gasteiger charge is 2.13. The molecule has 0 bridgehead atoms. The van der Waals surface area contributed by atoms with Crippen molar-refractivity contribution in [3.63, 3.8) is 0 Å². The van der Waals surface area contributed by atoms with Gasteiger partial charge in [0, 0.05) is 29.9 Å². The molecule has 0 saturated heterocycles. The predicted molar refractivity (Wildman–Crippen MR) is 110 cm³/mol. The molecule has 3 heteroatoms. The Morgan fingerprint density at radius 1 is 1.04 bits per heavy atom. The van der Waals surface area contributed by atoms with Crippen molar-refractivity contribution in [3.05, 3.63) is 84.7 Å². The van der Waals surface area contributed by atoms with E-state index in [1.54, 1.807) is 0 Å². The zero-order valence-electron chi connectivity index (χ0n) is 14.8. The first-order chi connectivity index (χ1) is 12.7. The highest BCUT2D eigenvalue weighted by molar-refractivity contribution is 6.01. The van der Waals surface area contributed by atoms with Gasteiger partial charge >= 0.3 is 0 Å². The first-order valence-electron chi connectivity index (χ1n) is 8.70. The summed E-state index contributed by atoms with van der Waals surface area (Å²) in [7, 11) is 0. The van der Waals surface area contributed by atoms with Crippen molar-refractivity contribution in [3.8, 4) is 22.3 Å². The van der Waals surface area contributed by atoms with E-state index in [4.69, 9.17) is 5.73 Å². The van der Waals surface area contributed by atoms with E-state index in [0.29, 0.717) is 6.54 Å². The maximum absolute atomic E-state index is 5.99. The fourth-order valence-electron chi connectivity index (χ4n) is 3.44. The first kappa shape index (κ1) is 16.3. The SMILES string of the molecule is C=C(C)c1c[nH]c2nccc(-c3ccc(CN)c(-c4ccccc4)c3)c12. The van der Waals surface area contributed by atoms with E-state index >= 15 is 0 Å². The van der Waals surface area contributed by atoms with Crippen LogP contribution in [0.5, 0.6) is 0 Å². The highest BCUT2D eigenvalue weighted by atomic mass is 14.8. The van der Waals surface area contributed by atoms with Crippen LogP contribution in [-0.2, 0) is 6.54 Å². The number of benzene rings is 2. The van der Waals surface area contributed by atoms with Gasteiger partial charge in [0.25, 0.3) is 0 Å². The van der Waals surface area contributed by atoms with Crippen LogP contribution in [0.2, 0.25) is 0 Å². The van der Waals surface area contributed by atoms with Crippen LogP contribution in [0.15, 0.2) is 73.6 Å². The molecular weight excluding hydrogens is 318 g/mol. The lowest BCUT2D eigenvalue weighted by Gasteiger charge is -2.12. The largest absolute Gasteiger partial charge is 0.346 e. The van der Waals surface area contributed by atoms with Crippen molar-refractivity contribution >= 4 is 16.6 Å². The van der Waals surface area contributed by atoms with Crippen LogP contribution in [0.1, 0.15) is 18.1 Å². The van der Waals surface area contributed by atoms with Gasteiger partial charge in [-0.25, -0.2) is 4.98 Å². The molecule has 0 saturated carbocycles. The molecule has 0 spiro atoms. The number of H-pyrrole nitrogens is 1. The number of nitrogens with two attached hydrogens (primary N) is 1. The molecule has 0 fully saturated rings. The number of nitrogens with one attached hydrogen (secondary N) is 1. The average molecular weight is 339 g/mol. The molecule has 0 atom stereocenters. The molecule has 128 valence electrons. The Labute approximate surface area is 153 Å². The highest BCUT2D eigenvalue weighted by Crippen LogP contribution is 2.35. The molecule has 4 rings (SSSR count). The van der Waals surface area contributed by atoms with Gasteiger partial charge in [0.1, 0.15) is 5.65 Å². The second-order valence-corrected chi connectivity index (χ2v) is 6.51. The minimum absolute atomic E-state index is 0.511. The molecule has 26 heavy (non-hydrogen) atoms. The summed E-state index contributed by atoms with van der Waals surface area (Å²) in [5.74, 6) is 0. The number of hydrogen-bond donors (Lipinski definition) is 2. The van der Waals surface area contributed by atoms with Gasteiger partial charge in [-0.05, 0) is 52.4 Å². The molecule has 0 aliphatic heterocycles. The number of allylic oxidation sites excluding steroid dienone is 1. The Balaban J connectivity index is 1.96.